The summed E-state index contributed by atoms with van der Waals surface area (Å²) < 4.78 is 5.17. The van der Waals surface area contributed by atoms with Crippen LogP contribution in [-0.4, -0.2) is 10.1 Å². The van der Waals surface area contributed by atoms with E-state index in [2.05, 4.69) is 4.74 Å². The Kier molecular flexibility index (Phi) is 3.83. The van der Waals surface area contributed by atoms with Crippen LogP contribution in [0.5, 0.6) is 0 Å². The Bertz CT molecular complexity index is 52.8. The van der Waals surface area contributed by atoms with E-state index in [0.717, 1.165) is 0 Å². The van der Waals surface area contributed by atoms with E-state index in [1.54, 1.807) is 0 Å². The monoisotopic (exact) mass is 275 g/mol. The van der Waals surface area contributed by atoms with E-state index in [1.807, 2.05) is 0 Å². The molecule has 0 fully saturated rings. The van der Waals surface area contributed by atoms with Crippen LogP contribution in [0.2, 0.25) is 0 Å². The van der Waals surface area contributed by atoms with Gasteiger partial charge in [-0.3, -0.25) is 0 Å². The van der Waals surface area contributed by atoms with Crippen LogP contribution in [0.4, 0.5) is 0 Å². The number of carbonyl (C=O) groups is 1. The third-order valence-corrected chi connectivity index (χ3v) is 1.10. The quantitative estimate of drug-likeness (QED) is 0.499. The number of esters is 1. The number of rotatable bonds is 1. The summed E-state index contributed by atoms with van der Waals surface area (Å²) >= 11 is 0.610. The molecule has 0 unspecified atom stereocenters. The van der Waals surface area contributed by atoms with Crippen molar-refractivity contribution in [2.24, 2.45) is 0 Å². The van der Waals surface area contributed by atoms with Crippen molar-refractivity contribution in [3.8, 4) is 0 Å². The van der Waals surface area contributed by atoms with Gasteiger partial charge in [0.15, 0.2) is 0 Å². The molecule has 0 spiro atoms. The van der Waals surface area contributed by atoms with E-state index >= 15 is 0 Å². The van der Waals surface area contributed by atoms with E-state index in [-0.39, 0.29) is 5.97 Å². The van der Waals surface area contributed by atoms with E-state index in [4.69, 9.17) is 0 Å². The molecular weight excluding hydrogens is 269 g/mol. The summed E-state index contributed by atoms with van der Waals surface area (Å²) in [5, 5.41) is 0. The van der Waals surface area contributed by atoms with Crippen LogP contribution in [0, 0.1) is 0 Å². The van der Waals surface area contributed by atoms with E-state index in [0.29, 0.717) is 30.2 Å². The average molecular weight is 274 g/mol. The molecule has 0 aromatic heterocycles. The molecule has 0 rings (SSSR count). The number of hydrogen-bond donors (Lipinski definition) is 0. The number of hydrogen-bond acceptors (Lipinski definition) is 2. The molecule has 6 heavy (non-hydrogen) atoms. The molecule has 0 aliphatic rings. The Morgan fingerprint density at radius 3 is 2.50 bits per heavy atom. The van der Waals surface area contributed by atoms with Crippen LogP contribution in [0.3, 0.4) is 0 Å². The first kappa shape index (κ1) is 6.41. The fourth-order valence-electron chi connectivity index (χ4n) is 0.144. The molecule has 0 radical (unpaired) electrons. The zero-order valence-electron chi connectivity index (χ0n) is 3.73. The molecule has 0 aliphatic heterocycles. The first-order valence-corrected chi connectivity index (χ1v) is 5.58. The molecule has 0 atom stereocenters. The molecule has 31 valence electrons. The van der Waals surface area contributed by atoms with Crippen LogP contribution >= 0.6 is 0 Å². The minimum atomic E-state index is -0.162. The molecule has 0 amide bonds. The van der Waals surface area contributed by atoms with Gasteiger partial charge in [0.25, 0.3) is 0 Å². The van der Waals surface area contributed by atoms with Gasteiger partial charge < -0.3 is 0 Å². The SMILES string of the molecule is CC(=O)O[CH2][Hg]. The minimum absolute atomic E-state index is 0.162. The predicted molar refractivity (Wildman–Crippen MR) is 16.6 cm³/mol. The summed E-state index contributed by atoms with van der Waals surface area (Å²) in [6.45, 7) is 1.42. The Labute approximate surface area is 52.8 Å². The molecule has 0 bridgehead atoms. The molecule has 0 aromatic rings. The van der Waals surface area contributed by atoms with Crippen LogP contribution < -0.4 is 0 Å². The van der Waals surface area contributed by atoms with Crippen molar-refractivity contribution in [3.63, 3.8) is 0 Å². The Morgan fingerprint density at radius 1 is 2.00 bits per heavy atom. The molecular formula is C3H5HgO2. The van der Waals surface area contributed by atoms with Gasteiger partial charge in [0.1, 0.15) is 0 Å². The average Bonchev–Trinajstić information content (AvgIpc) is 1.35. The van der Waals surface area contributed by atoms with Gasteiger partial charge in [-0.1, -0.05) is 0 Å². The first-order valence-electron chi connectivity index (χ1n) is 1.70. The van der Waals surface area contributed by atoms with Gasteiger partial charge in [-0.05, 0) is 0 Å². The Balaban J connectivity index is 2.83. The molecule has 2 nitrogen and oxygen atoms in total. The summed E-state index contributed by atoms with van der Waals surface area (Å²) in [5.74, 6) is -0.162. The second kappa shape index (κ2) is 3.59. The van der Waals surface area contributed by atoms with Gasteiger partial charge in [0, 0.05) is 0 Å². The van der Waals surface area contributed by atoms with Crippen molar-refractivity contribution in [3.05, 3.63) is 0 Å². The summed E-state index contributed by atoms with van der Waals surface area (Å²) in [4.78, 5) is 9.85. The molecule has 0 N–H and O–H groups in total. The summed E-state index contributed by atoms with van der Waals surface area (Å²) in [7, 11) is 0. The second-order valence-electron chi connectivity index (χ2n) is 0.840. The van der Waals surface area contributed by atoms with E-state index in [9.17, 15) is 4.79 Å². The van der Waals surface area contributed by atoms with Gasteiger partial charge in [-0.2, -0.15) is 0 Å². The normalized spacial score (nSPS) is 7.83. The maximum absolute atomic E-state index is 9.85. The third kappa shape index (κ3) is 4.41. The van der Waals surface area contributed by atoms with Crippen molar-refractivity contribution in [2.75, 3.05) is 4.12 Å². The Hall–Kier alpha value is 0.405. The van der Waals surface area contributed by atoms with Gasteiger partial charge >= 0.3 is 52.7 Å². The number of ether oxygens (including phenoxy) is 1. The van der Waals surface area contributed by atoms with Crippen LogP contribution in [0.15, 0.2) is 0 Å². The fourth-order valence-corrected chi connectivity index (χ4v) is 1.26. The second-order valence-corrected chi connectivity index (χ2v) is 2.43. The molecule has 0 heterocycles. The molecule has 0 saturated heterocycles. The van der Waals surface area contributed by atoms with Gasteiger partial charge in [0.05, 0.1) is 0 Å². The fraction of sp³-hybridized carbons (Fsp3) is 0.667. The standard InChI is InChI=1S/C3H5O2.Hg/c1-3(4)5-2;/h2H2,1H3;. The first-order chi connectivity index (χ1) is 2.77. The van der Waals surface area contributed by atoms with Crippen molar-refractivity contribution < 1.29 is 35.7 Å². The third-order valence-electron chi connectivity index (χ3n) is 0.305. The van der Waals surface area contributed by atoms with E-state index in [1.165, 1.54) is 6.92 Å². The summed E-state index contributed by atoms with van der Waals surface area (Å²) in [6.07, 6.45) is 0. The topological polar surface area (TPSA) is 26.3 Å². The Morgan fingerprint density at radius 2 is 2.50 bits per heavy atom. The summed E-state index contributed by atoms with van der Waals surface area (Å²) in [6, 6.07) is 0. The van der Waals surface area contributed by atoms with Crippen molar-refractivity contribution in [1.82, 2.24) is 0 Å². The van der Waals surface area contributed by atoms with Crippen LogP contribution in [-0.2, 0) is 35.7 Å². The van der Waals surface area contributed by atoms with Crippen LogP contribution in [0.1, 0.15) is 6.92 Å². The van der Waals surface area contributed by atoms with Gasteiger partial charge in [0.2, 0.25) is 0 Å². The predicted octanol–water partition coefficient (Wildman–Crippen LogP) is 0.0538. The van der Waals surface area contributed by atoms with Gasteiger partial charge in [-0.15, -0.1) is 0 Å². The zero-order valence-corrected chi connectivity index (χ0v) is 9.23. The van der Waals surface area contributed by atoms with E-state index < -0.39 is 0 Å². The van der Waals surface area contributed by atoms with Crippen molar-refractivity contribution in [1.29, 1.82) is 0 Å². The summed E-state index contributed by atoms with van der Waals surface area (Å²) in [5.41, 5.74) is 0. The van der Waals surface area contributed by atoms with Crippen LogP contribution in [0.25, 0.3) is 0 Å². The van der Waals surface area contributed by atoms with Crippen molar-refractivity contribution in [2.45, 2.75) is 6.92 Å². The van der Waals surface area contributed by atoms with Gasteiger partial charge in [-0.25, -0.2) is 0 Å². The maximum atomic E-state index is 9.85. The molecule has 0 aromatic carbocycles. The number of carbonyl (C=O) groups excluding carboxylic acids is 1. The molecule has 0 aliphatic carbocycles. The molecule has 0 saturated carbocycles. The zero-order chi connectivity index (χ0) is 4.99. The molecule has 3 heteroatoms. The van der Waals surface area contributed by atoms with Crippen molar-refractivity contribution >= 4 is 5.97 Å².